The summed E-state index contributed by atoms with van der Waals surface area (Å²) in [5.41, 5.74) is 2.03. The van der Waals surface area contributed by atoms with E-state index in [0.717, 1.165) is 11.5 Å². The number of hydrogen-bond acceptors (Lipinski definition) is 18. The number of carbonyl (C=O) groups is 4. The van der Waals surface area contributed by atoms with Crippen molar-refractivity contribution in [3.05, 3.63) is 77.9 Å². The number of hydrogen-bond donors (Lipinski definition) is 9. The number of amides is 2. The SMILES string of the molecule is C.CC(=O)N[C@H]1[C@H]([C@H](O)[C@H](O)CO)OC(C(=O)[O-])=C[C@@H]1n1cc2c(ccc3ncnc32)[nH]1.CC(=O)N[C@H]1[C@H]([C@H](O)[C@H](O)CO)OC(C(=O)[O-])=C[C@@H]1n1cc2c(n1)c(F)cc1sccc12.[Na+].[Na+]. The van der Waals surface area contributed by atoms with Crippen molar-refractivity contribution in [1.29, 1.82) is 0 Å². The number of ether oxygens (including phenoxy) is 2. The van der Waals surface area contributed by atoms with Crippen molar-refractivity contribution in [2.24, 2.45) is 0 Å². The van der Waals surface area contributed by atoms with Gasteiger partial charge in [-0.2, -0.15) is 5.10 Å². The quantitative estimate of drug-likeness (QED) is 0.0515. The maximum Gasteiger partial charge on any atom is 1.00 e. The van der Waals surface area contributed by atoms with Crippen LogP contribution in [0.4, 0.5) is 4.39 Å². The summed E-state index contributed by atoms with van der Waals surface area (Å²) in [6.45, 7) is 0.820. The molecule has 0 radical (unpaired) electrons. The number of aliphatic hydroxyl groups is 6. The van der Waals surface area contributed by atoms with E-state index in [1.54, 1.807) is 29.8 Å². The topological polar surface area (TPSA) is 343 Å². The van der Waals surface area contributed by atoms with Gasteiger partial charge in [-0.05, 0) is 41.8 Å². The molecule has 4 aromatic heterocycles. The van der Waals surface area contributed by atoms with Gasteiger partial charge >= 0.3 is 59.1 Å². The van der Waals surface area contributed by atoms with Crippen molar-refractivity contribution in [2.45, 2.75) is 82.1 Å². The van der Waals surface area contributed by atoms with Gasteiger partial charge in [0.25, 0.3) is 0 Å². The smallest absolute Gasteiger partial charge is 0.542 e. The van der Waals surface area contributed by atoms with Crippen molar-refractivity contribution in [2.75, 3.05) is 13.2 Å². The maximum atomic E-state index is 14.7. The monoisotopic (exact) mass is 956 g/mol. The number of thiophene rings is 1. The van der Waals surface area contributed by atoms with Gasteiger partial charge in [-0.15, -0.1) is 11.3 Å². The van der Waals surface area contributed by atoms with E-state index in [9.17, 15) is 64.4 Å². The summed E-state index contributed by atoms with van der Waals surface area (Å²) in [6.07, 6.45) is -2.71. The minimum Gasteiger partial charge on any atom is -0.542 e. The first-order chi connectivity index (χ1) is 30.0. The number of carboxylic acid groups (broad SMARTS) is 2. The Morgan fingerprint density at radius 2 is 1.38 bits per heavy atom. The molecule has 0 bridgehead atoms. The fraction of sp³-hybridized carbons (Fsp3) is 0.375. The molecule has 22 nitrogen and oxygen atoms in total. The zero-order chi connectivity index (χ0) is 45.4. The minimum absolute atomic E-state index is 0. The van der Waals surface area contributed by atoms with E-state index in [1.807, 2.05) is 0 Å². The molecule has 2 aromatic carbocycles. The number of H-pyrrole nitrogens is 1. The van der Waals surface area contributed by atoms with Crippen LogP contribution >= 0.6 is 11.3 Å². The molecule has 10 atom stereocenters. The Kier molecular flexibility index (Phi) is 18.4. The second kappa shape index (κ2) is 22.5. The second-order valence-corrected chi connectivity index (χ2v) is 15.6. The van der Waals surface area contributed by atoms with E-state index >= 15 is 0 Å². The molecule has 342 valence electrons. The summed E-state index contributed by atoms with van der Waals surface area (Å²) < 4.78 is 28.8. The summed E-state index contributed by atoms with van der Waals surface area (Å²) in [5, 5.41) is 98.6. The molecule has 26 heteroatoms. The minimum atomic E-state index is -1.77. The van der Waals surface area contributed by atoms with Crippen LogP contribution in [0, 0.1) is 5.82 Å². The average Bonchev–Trinajstić information content (AvgIpc) is 4.08. The van der Waals surface area contributed by atoms with Crippen LogP contribution in [0.3, 0.4) is 0 Å². The number of nitrogens with zero attached hydrogens (tertiary/aromatic N) is 5. The van der Waals surface area contributed by atoms with Gasteiger partial charge < -0.3 is 70.5 Å². The van der Waals surface area contributed by atoms with Gasteiger partial charge in [0.2, 0.25) is 11.8 Å². The van der Waals surface area contributed by atoms with Crippen molar-refractivity contribution >= 4 is 78.0 Å². The van der Waals surface area contributed by atoms with E-state index in [0.29, 0.717) is 32.0 Å². The normalized spacial score (nSPS) is 22.0. The maximum absolute atomic E-state index is 14.7. The molecule has 0 aliphatic carbocycles. The van der Waals surface area contributed by atoms with E-state index in [1.165, 1.54) is 59.2 Å². The number of halogens is 1. The van der Waals surface area contributed by atoms with Crippen LogP contribution in [-0.2, 0) is 28.7 Å². The number of aliphatic carboxylic acids is 2. The third-order valence-electron chi connectivity index (χ3n) is 10.5. The average molecular weight is 957 g/mol. The predicted molar refractivity (Wildman–Crippen MR) is 219 cm³/mol. The Morgan fingerprint density at radius 3 is 1.92 bits per heavy atom. The van der Waals surface area contributed by atoms with Crippen LogP contribution < -0.4 is 80.0 Å². The number of benzene rings is 2. The van der Waals surface area contributed by atoms with Crippen molar-refractivity contribution < 1.29 is 133 Å². The molecule has 0 unspecified atom stereocenters. The Hall–Kier alpha value is -4.54. The molecule has 0 saturated heterocycles. The summed E-state index contributed by atoms with van der Waals surface area (Å²) in [5.74, 6) is -6.16. The number of nitrogens with one attached hydrogen (secondary N) is 3. The van der Waals surface area contributed by atoms with Crippen LogP contribution in [0.25, 0.3) is 42.9 Å². The summed E-state index contributed by atoms with van der Waals surface area (Å²) in [4.78, 5) is 55.3. The Morgan fingerprint density at radius 1 is 0.818 bits per heavy atom. The molecule has 2 aliphatic rings. The predicted octanol–water partition coefficient (Wildman–Crippen LogP) is -8.47. The molecule has 0 saturated carbocycles. The molecule has 6 heterocycles. The van der Waals surface area contributed by atoms with Crippen LogP contribution in [0.5, 0.6) is 0 Å². The van der Waals surface area contributed by atoms with Gasteiger partial charge in [-0.25, -0.2) is 14.4 Å². The van der Waals surface area contributed by atoms with Crippen molar-refractivity contribution in [3.63, 3.8) is 0 Å². The summed E-state index contributed by atoms with van der Waals surface area (Å²) in [6, 6.07) is 2.65. The standard InChI is InChI=1S/C20H20FN3O7S.C19H21N5O7.CH4.2Na/c1-8(26)22-17-12(5-14(20(29)30)31-19(17)18(28)13(27)7-25)24-6-10-9-2-3-32-15(9)4-11(21)16(10)23-24;1-8(26)22-16-12(4-14(19(29)30)31-18(16)17(28)13(27)6-25)24-5-9-10(23-24)2-3-11-15(9)21-7-20-11;;;/h2-6,12-13,17-19,25,27-28H,7H2,1H3,(H,22,26)(H,29,30);2-5,7,12-13,16-18,23,25,27-28H,6H2,1H3,(H,22,26)(H,29,30);1H4;;/q;;;2*+1/p-2/t12-,13+,17+,18+,19+;12-,13+,16+,17+,18+;;;/m00.../s1. The molecule has 9 N–H and O–H groups in total. The number of aliphatic hydroxyl groups excluding tert-OH is 6. The Balaban J connectivity index is 0.000000276. The van der Waals surface area contributed by atoms with Gasteiger partial charge in [0, 0.05) is 47.1 Å². The van der Waals surface area contributed by atoms with Crippen molar-refractivity contribution in [1.82, 2.24) is 40.2 Å². The number of carbonyl (C=O) groups excluding carboxylic acids is 4. The van der Waals surface area contributed by atoms with Crippen LogP contribution in [0.1, 0.15) is 33.4 Å². The molecular formula is C40H43FN8Na2O14S. The Labute approximate surface area is 421 Å². The van der Waals surface area contributed by atoms with E-state index in [4.69, 9.17) is 9.47 Å². The van der Waals surface area contributed by atoms with E-state index in [-0.39, 0.29) is 72.1 Å². The Bertz CT molecular complexity index is 2780. The van der Waals surface area contributed by atoms with Gasteiger partial charge in [-0.1, -0.05) is 7.43 Å². The first-order valence-electron chi connectivity index (χ1n) is 19.0. The molecule has 2 aliphatic heterocycles. The number of carboxylic acids is 2. The number of aromatic nitrogens is 6. The van der Waals surface area contributed by atoms with Gasteiger partial charge in [0.1, 0.15) is 77.4 Å². The van der Waals surface area contributed by atoms with Crippen LogP contribution in [-0.4, -0.2) is 146 Å². The molecule has 2 amide bonds. The molecule has 0 fully saturated rings. The van der Waals surface area contributed by atoms with E-state index in [2.05, 4.69) is 30.8 Å². The summed E-state index contributed by atoms with van der Waals surface area (Å²) >= 11 is 1.35. The first kappa shape index (κ1) is 54.1. The fourth-order valence-electron chi connectivity index (χ4n) is 7.61. The molecular weight excluding hydrogens is 914 g/mol. The number of rotatable bonds is 12. The zero-order valence-corrected chi connectivity index (χ0v) is 39.7. The van der Waals surface area contributed by atoms with Gasteiger partial charge in [0.05, 0.1) is 48.4 Å². The number of imidazole rings is 1. The zero-order valence-electron chi connectivity index (χ0n) is 34.9. The number of aromatic amines is 1. The largest absolute Gasteiger partial charge is 1.00 e. The third-order valence-corrected chi connectivity index (χ3v) is 11.4. The molecule has 8 rings (SSSR count). The van der Waals surface area contributed by atoms with Gasteiger partial charge in [0.15, 0.2) is 5.82 Å². The van der Waals surface area contributed by atoms with E-state index < -0.39 is 115 Å². The van der Waals surface area contributed by atoms with Crippen molar-refractivity contribution in [3.8, 4) is 0 Å². The molecule has 6 aromatic rings. The third kappa shape index (κ3) is 10.9. The van der Waals surface area contributed by atoms with Gasteiger partial charge in [-0.3, -0.25) is 24.1 Å². The molecule has 0 spiro atoms. The summed E-state index contributed by atoms with van der Waals surface area (Å²) in [7, 11) is 0. The van der Waals surface area contributed by atoms with Crippen LogP contribution in [0.15, 0.2) is 72.0 Å². The van der Waals surface area contributed by atoms with Crippen LogP contribution in [0.2, 0.25) is 0 Å². The second-order valence-electron chi connectivity index (χ2n) is 14.7. The number of fused-ring (bicyclic) bond motifs is 6. The fourth-order valence-corrected chi connectivity index (χ4v) is 8.44. The first-order valence-corrected chi connectivity index (χ1v) is 19.9. The molecule has 66 heavy (non-hydrogen) atoms.